The van der Waals surface area contributed by atoms with E-state index in [1.807, 2.05) is 6.07 Å². The first-order valence-electron chi connectivity index (χ1n) is 5.70. The molecule has 0 atom stereocenters. The Bertz CT molecular complexity index is 616. The summed E-state index contributed by atoms with van der Waals surface area (Å²) in [5, 5.41) is 0. The summed E-state index contributed by atoms with van der Waals surface area (Å²) in [5.41, 5.74) is 7.49. The molecule has 0 aliphatic rings. The summed E-state index contributed by atoms with van der Waals surface area (Å²) in [5.74, 6) is 0.342. The number of aromatic nitrogens is 1. The first-order chi connectivity index (χ1) is 9.08. The number of rotatable bonds is 4. The molecule has 0 amide bonds. The highest BCUT2D eigenvalue weighted by Crippen LogP contribution is 2.18. The molecule has 0 unspecified atom stereocenters. The second-order valence-corrected chi connectivity index (χ2v) is 4.51. The maximum absolute atomic E-state index is 13.1. The number of nitrogens with two attached hydrogens (primary N) is 1. The summed E-state index contributed by atoms with van der Waals surface area (Å²) in [7, 11) is 0. The van der Waals surface area contributed by atoms with Crippen molar-refractivity contribution in [2.45, 2.75) is 13.5 Å². The van der Waals surface area contributed by atoms with Crippen LogP contribution in [-0.4, -0.2) is 9.97 Å². The van der Waals surface area contributed by atoms with Gasteiger partial charge < -0.3 is 10.5 Å². The van der Waals surface area contributed by atoms with E-state index in [0.29, 0.717) is 17.0 Å². The third-order valence-electron chi connectivity index (χ3n) is 2.65. The van der Waals surface area contributed by atoms with Crippen LogP contribution in [0.5, 0.6) is 5.75 Å². The number of aryl methyl sites for hydroxylation is 1. The zero-order valence-electron chi connectivity index (χ0n) is 10.4. The van der Waals surface area contributed by atoms with E-state index in [-0.39, 0.29) is 17.4 Å². The van der Waals surface area contributed by atoms with Gasteiger partial charge in [0.15, 0.2) is 0 Å². The van der Waals surface area contributed by atoms with Crippen LogP contribution in [0, 0.1) is 12.7 Å². The van der Waals surface area contributed by atoms with Crippen LogP contribution in [0.15, 0.2) is 36.5 Å². The molecule has 1 aromatic heterocycles. The highest BCUT2D eigenvalue weighted by Gasteiger charge is 2.07. The molecule has 0 bridgehead atoms. The lowest BCUT2D eigenvalue weighted by molar-refractivity contribution is 0.305. The molecule has 2 rings (SSSR count). The molecule has 98 valence electrons. The summed E-state index contributed by atoms with van der Waals surface area (Å²) in [6.07, 6.45) is 1.63. The average molecular weight is 276 g/mol. The quantitative estimate of drug-likeness (QED) is 0.872. The summed E-state index contributed by atoms with van der Waals surface area (Å²) < 4.78 is 18.7. The van der Waals surface area contributed by atoms with Crippen molar-refractivity contribution in [1.29, 1.82) is 0 Å². The summed E-state index contributed by atoms with van der Waals surface area (Å²) in [4.78, 5) is 4.35. The maximum Gasteiger partial charge on any atom is 0.126 e. The fraction of sp³-hybridized carbons (Fsp3) is 0.143. The van der Waals surface area contributed by atoms with Crippen molar-refractivity contribution in [2.75, 3.05) is 0 Å². The van der Waals surface area contributed by atoms with Gasteiger partial charge in [-0.05, 0) is 36.8 Å². The Morgan fingerprint density at radius 2 is 2.21 bits per heavy atom. The highest BCUT2D eigenvalue weighted by atomic mass is 32.1. The third kappa shape index (κ3) is 3.26. The Labute approximate surface area is 116 Å². The van der Waals surface area contributed by atoms with Gasteiger partial charge in [-0.1, -0.05) is 18.3 Å². The highest BCUT2D eigenvalue weighted by molar-refractivity contribution is 7.80. The molecule has 0 saturated heterocycles. The van der Waals surface area contributed by atoms with Crippen molar-refractivity contribution >= 4 is 17.2 Å². The Balaban J connectivity index is 2.14. The van der Waals surface area contributed by atoms with Crippen LogP contribution < -0.4 is 10.5 Å². The molecule has 0 saturated carbocycles. The number of thiocarbonyl (C=S) groups is 1. The number of halogens is 1. The minimum atomic E-state index is -0.252. The number of hydrogen-bond acceptors (Lipinski definition) is 3. The van der Waals surface area contributed by atoms with E-state index < -0.39 is 0 Å². The van der Waals surface area contributed by atoms with Crippen molar-refractivity contribution in [1.82, 2.24) is 4.98 Å². The number of nitrogens with zero attached hydrogens (tertiary/aromatic N) is 1. The summed E-state index contributed by atoms with van der Waals surface area (Å²) in [6.45, 7) is 1.97. The van der Waals surface area contributed by atoms with Crippen molar-refractivity contribution in [3.63, 3.8) is 0 Å². The molecule has 0 aliphatic carbocycles. The normalized spacial score (nSPS) is 10.2. The molecule has 0 aliphatic heterocycles. The predicted octanol–water partition coefficient (Wildman–Crippen LogP) is 2.74. The van der Waals surface area contributed by atoms with Gasteiger partial charge in [0.25, 0.3) is 0 Å². The number of hydrogen-bond donors (Lipinski definition) is 1. The average Bonchev–Trinajstić information content (AvgIpc) is 2.40. The lowest BCUT2D eigenvalue weighted by atomic mass is 10.2. The minimum absolute atomic E-state index is 0.231. The lowest BCUT2D eigenvalue weighted by Gasteiger charge is -2.10. The van der Waals surface area contributed by atoms with Crippen LogP contribution in [0.3, 0.4) is 0 Å². The molecule has 1 heterocycles. The van der Waals surface area contributed by atoms with Crippen molar-refractivity contribution in [3.05, 3.63) is 59.2 Å². The molecule has 2 aromatic rings. The molecular weight excluding hydrogens is 263 g/mol. The molecule has 3 nitrogen and oxygen atoms in total. The second kappa shape index (κ2) is 5.75. The van der Waals surface area contributed by atoms with E-state index in [1.165, 1.54) is 6.07 Å². The van der Waals surface area contributed by atoms with Gasteiger partial charge in [0.1, 0.15) is 28.9 Å². The fourth-order valence-electron chi connectivity index (χ4n) is 1.64. The predicted molar refractivity (Wildman–Crippen MR) is 75.6 cm³/mol. The van der Waals surface area contributed by atoms with Crippen molar-refractivity contribution < 1.29 is 9.13 Å². The van der Waals surface area contributed by atoms with E-state index in [4.69, 9.17) is 22.7 Å². The van der Waals surface area contributed by atoms with Gasteiger partial charge in [-0.2, -0.15) is 0 Å². The van der Waals surface area contributed by atoms with E-state index >= 15 is 0 Å². The smallest absolute Gasteiger partial charge is 0.126 e. The largest absolute Gasteiger partial charge is 0.489 e. The zero-order chi connectivity index (χ0) is 13.8. The van der Waals surface area contributed by atoms with Crippen LogP contribution in [-0.2, 0) is 6.61 Å². The van der Waals surface area contributed by atoms with Gasteiger partial charge in [-0.3, -0.25) is 4.98 Å². The zero-order valence-corrected chi connectivity index (χ0v) is 11.2. The van der Waals surface area contributed by atoms with Crippen LogP contribution in [0.4, 0.5) is 4.39 Å². The molecule has 2 N–H and O–H groups in total. The van der Waals surface area contributed by atoms with Crippen LogP contribution in [0.25, 0.3) is 0 Å². The van der Waals surface area contributed by atoms with Gasteiger partial charge in [-0.15, -0.1) is 0 Å². The SMILES string of the molecule is Cc1cc(OCc2cccnc2C(N)=S)ccc1F. The Kier molecular flexibility index (Phi) is 4.06. The van der Waals surface area contributed by atoms with Crippen LogP contribution in [0.1, 0.15) is 16.8 Å². The molecule has 0 radical (unpaired) electrons. The Morgan fingerprint density at radius 1 is 1.42 bits per heavy atom. The van der Waals surface area contributed by atoms with Crippen molar-refractivity contribution in [3.8, 4) is 5.75 Å². The molecule has 5 heteroatoms. The first kappa shape index (κ1) is 13.4. The molecule has 1 aromatic carbocycles. The lowest BCUT2D eigenvalue weighted by Crippen LogP contribution is -2.15. The Hall–Kier alpha value is -2.01. The molecule has 19 heavy (non-hydrogen) atoms. The topological polar surface area (TPSA) is 48.1 Å². The van der Waals surface area contributed by atoms with E-state index in [9.17, 15) is 4.39 Å². The fourth-order valence-corrected chi connectivity index (χ4v) is 1.83. The van der Waals surface area contributed by atoms with Gasteiger partial charge in [-0.25, -0.2) is 4.39 Å². The molecular formula is C14H13FN2OS. The van der Waals surface area contributed by atoms with E-state index in [2.05, 4.69) is 4.98 Å². The number of ether oxygens (including phenoxy) is 1. The van der Waals surface area contributed by atoms with Crippen molar-refractivity contribution in [2.24, 2.45) is 5.73 Å². The monoisotopic (exact) mass is 276 g/mol. The Morgan fingerprint density at radius 3 is 2.89 bits per heavy atom. The second-order valence-electron chi connectivity index (χ2n) is 4.08. The third-order valence-corrected chi connectivity index (χ3v) is 2.84. The van der Waals surface area contributed by atoms with E-state index in [1.54, 1.807) is 31.3 Å². The number of benzene rings is 1. The van der Waals surface area contributed by atoms with Crippen LogP contribution >= 0.6 is 12.2 Å². The molecule has 0 spiro atoms. The molecule has 0 fully saturated rings. The van der Waals surface area contributed by atoms with Gasteiger partial charge in [0, 0.05) is 11.8 Å². The van der Waals surface area contributed by atoms with Gasteiger partial charge in [0.05, 0.1) is 0 Å². The number of pyridine rings is 1. The maximum atomic E-state index is 13.1. The van der Waals surface area contributed by atoms with Gasteiger partial charge >= 0.3 is 0 Å². The van der Waals surface area contributed by atoms with Gasteiger partial charge in [0.2, 0.25) is 0 Å². The summed E-state index contributed by atoms with van der Waals surface area (Å²) >= 11 is 4.93. The van der Waals surface area contributed by atoms with E-state index in [0.717, 1.165) is 5.56 Å². The summed E-state index contributed by atoms with van der Waals surface area (Å²) in [6, 6.07) is 8.24. The first-order valence-corrected chi connectivity index (χ1v) is 6.11. The minimum Gasteiger partial charge on any atom is -0.489 e. The van der Waals surface area contributed by atoms with Crippen LogP contribution in [0.2, 0.25) is 0 Å². The standard InChI is InChI=1S/C14H13FN2OS/c1-9-7-11(4-5-12(9)15)18-8-10-3-2-6-17-13(10)14(16)19/h2-7H,8H2,1H3,(H2,16,19).